The molecule has 0 radical (unpaired) electrons. The number of aromatic amines is 1. The molecule has 0 aliphatic carbocycles. The second-order valence-electron chi connectivity index (χ2n) is 33.1. The lowest BCUT2D eigenvalue weighted by atomic mass is 10.0. The van der Waals surface area contributed by atoms with Gasteiger partial charge in [0.2, 0.25) is 0 Å². The normalized spacial score (nSPS) is 11.6. The second-order valence-corrected chi connectivity index (χ2v) is 33.1. The van der Waals surface area contributed by atoms with Gasteiger partial charge in [-0.1, -0.05) is 213 Å². The quantitative estimate of drug-likeness (QED) is 0.0166. The molecule has 2 aliphatic rings. The Morgan fingerprint density at radius 1 is 0.242 bits per heavy atom. The van der Waals surface area contributed by atoms with E-state index in [1.54, 1.807) is 0 Å². The third kappa shape index (κ3) is 28.0. The Bertz CT molecular complexity index is 5150. The van der Waals surface area contributed by atoms with Crippen molar-refractivity contribution in [3.8, 4) is 44.5 Å². The summed E-state index contributed by atoms with van der Waals surface area (Å²) >= 11 is 0. The largest absolute Gasteiger partial charge is 0.657 e. The molecule has 0 saturated carbocycles. The second kappa shape index (κ2) is 49.9. The Balaban J connectivity index is 0.757. The molecular weight excluding hydrogens is 1540 g/mol. The molecular formula is C108H125N8O8+3. The highest BCUT2D eigenvalue weighted by molar-refractivity contribution is 6.02. The first-order valence-electron chi connectivity index (χ1n) is 46.2. The molecule has 4 aromatic carbocycles. The molecule has 16 heteroatoms. The molecule has 642 valence electrons. The predicted octanol–water partition coefficient (Wildman–Crippen LogP) is 24.0. The third-order valence-electron chi connectivity index (χ3n) is 23.6. The number of nitrogens with one attached hydrogen (secondary N) is 1. The van der Waals surface area contributed by atoms with Crippen molar-refractivity contribution in [1.29, 1.82) is 0 Å². The van der Waals surface area contributed by atoms with Gasteiger partial charge < -0.3 is 28.9 Å². The van der Waals surface area contributed by atoms with Gasteiger partial charge in [-0.25, -0.2) is 47.4 Å². The van der Waals surface area contributed by atoms with Gasteiger partial charge in [0.1, 0.15) is 26.2 Å². The van der Waals surface area contributed by atoms with Crippen molar-refractivity contribution in [2.45, 2.75) is 232 Å². The zero-order valence-electron chi connectivity index (χ0n) is 72.6. The number of ether oxygens (including phenoxy) is 4. The van der Waals surface area contributed by atoms with Crippen LogP contribution in [0.15, 0.2) is 244 Å². The first kappa shape index (κ1) is 89.7. The van der Waals surface area contributed by atoms with E-state index in [1.165, 1.54) is 128 Å². The van der Waals surface area contributed by atoms with Gasteiger partial charge in [-0.15, -0.1) is 11.0 Å². The van der Waals surface area contributed by atoms with Crippen LogP contribution in [0.2, 0.25) is 0 Å². The molecule has 0 fully saturated rings. The summed E-state index contributed by atoms with van der Waals surface area (Å²) in [5.41, 5.74) is 13.3. The Hall–Kier alpha value is -12.0. The van der Waals surface area contributed by atoms with E-state index in [-0.39, 0.29) is 23.9 Å². The standard InChI is InChI=1S/C108H124N8O8/c117-105(121-81-41-21-13-5-1-9-17-29-69-113-73-33-25-34-74-113)89-53-45-85(46-54-89)101-93-61-63-95(109-93)102(86-47-55-90(56-48-86)106(118)122-82-42-22-14-6-2-10-18-30-70-114-75-35-26-36-76-114)97-65-67-99(111-97)104(88-51-59-92(60-52-88)108(120)124-84-44-24-16-8-4-12-20-32-72-116-79-39-28-40-80-116)100-68-66-98(112-100)103(96-64-62-94(101)110-96)87-49-57-91(58-50-87)107(119)123-83-43-23-15-7-3-11-19-31-71-115-77-37-27-38-78-115/h25-28,33-40,45-68,73-80H,1-24,29-32,41-44,69-72,81-84H2/q+2/p+1. The highest BCUT2D eigenvalue weighted by Gasteiger charge is 2.22. The lowest BCUT2D eigenvalue weighted by Gasteiger charge is -2.13. The summed E-state index contributed by atoms with van der Waals surface area (Å²) in [6, 6.07) is 63.1. The van der Waals surface area contributed by atoms with Crippen molar-refractivity contribution in [3.05, 3.63) is 289 Å². The summed E-state index contributed by atoms with van der Waals surface area (Å²) in [7, 11) is 0. The van der Waals surface area contributed by atoms with Crippen LogP contribution in [-0.2, 0) is 45.1 Å². The SMILES string of the molecule is O=C(OCCCCCCCCCC[n+]1ccccc1)c1ccc(-c2c3nc(c(-c4ccc(C(=O)OCCCCCCCCCC[n+]5ccccc5)cc4)c4ccc([n-]4)c(-c4ccc(C(=O)OCCCCCCCCCC[n+]5ccccc5)cc4)c4ccc([nH]4)c(-c4ccc(C(=O)OCCCCCCCCCC[n+]5ccccc5)cc4)c4nc2C=C4)C=C3)cc1. The monoisotopic (exact) mass is 1660 g/mol. The lowest BCUT2D eigenvalue weighted by Crippen LogP contribution is -2.32. The number of esters is 4. The Kier molecular flexibility index (Phi) is 36.1. The van der Waals surface area contributed by atoms with Gasteiger partial charge in [0.25, 0.3) is 0 Å². The highest BCUT2D eigenvalue weighted by atomic mass is 16.5. The van der Waals surface area contributed by atoms with E-state index in [9.17, 15) is 19.2 Å². The van der Waals surface area contributed by atoms with Crippen LogP contribution in [0.5, 0.6) is 0 Å². The zero-order valence-corrected chi connectivity index (χ0v) is 72.6. The molecule has 16 nitrogen and oxygen atoms in total. The first-order chi connectivity index (χ1) is 61.2. The number of aryl methyl sites for hydroxylation is 4. The number of H-pyrrole nitrogens is 1. The molecule has 1 N–H and O–H groups in total. The van der Waals surface area contributed by atoms with Crippen LogP contribution in [0.4, 0.5) is 0 Å². The van der Waals surface area contributed by atoms with Crippen molar-refractivity contribution in [2.75, 3.05) is 26.4 Å². The number of benzene rings is 4. The van der Waals surface area contributed by atoms with Crippen molar-refractivity contribution in [1.82, 2.24) is 19.9 Å². The van der Waals surface area contributed by atoms with Crippen LogP contribution >= 0.6 is 0 Å². The van der Waals surface area contributed by atoms with E-state index in [2.05, 4.69) is 158 Å². The van der Waals surface area contributed by atoms with Gasteiger partial charge in [0.15, 0.2) is 49.6 Å². The maximum absolute atomic E-state index is 13.8. The van der Waals surface area contributed by atoms with Crippen molar-refractivity contribution in [2.24, 2.45) is 0 Å². The van der Waals surface area contributed by atoms with Gasteiger partial charge in [0.05, 0.1) is 71.5 Å². The summed E-state index contributed by atoms with van der Waals surface area (Å²) in [6.45, 7) is 5.59. The predicted molar refractivity (Wildman–Crippen MR) is 495 cm³/mol. The van der Waals surface area contributed by atoms with Crippen LogP contribution < -0.4 is 23.3 Å². The van der Waals surface area contributed by atoms with E-state index in [1.807, 2.05) is 133 Å². The van der Waals surface area contributed by atoms with Crippen LogP contribution in [0.1, 0.15) is 270 Å². The topological polar surface area (TPSA) is 176 Å². The minimum atomic E-state index is -0.374. The maximum Gasteiger partial charge on any atom is 0.338 e. The van der Waals surface area contributed by atoms with E-state index < -0.39 is 0 Å². The number of hydrogen-bond donors (Lipinski definition) is 1. The number of pyridine rings is 4. The molecule has 0 unspecified atom stereocenters. The number of carbonyl (C=O) groups excluding carboxylic acids is 4. The fourth-order valence-electron chi connectivity index (χ4n) is 16.6. The van der Waals surface area contributed by atoms with E-state index in [4.69, 9.17) is 33.9 Å². The van der Waals surface area contributed by atoms with Gasteiger partial charge in [-0.2, -0.15) is 0 Å². The summed E-state index contributed by atoms with van der Waals surface area (Å²) in [4.78, 5) is 75.7. The molecule has 9 heterocycles. The van der Waals surface area contributed by atoms with Crippen molar-refractivity contribution >= 4 is 70.2 Å². The summed E-state index contributed by atoms with van der Waals surface area (Å²) < 4.78 is 32.6. The summed E-state index contributed by atoms with van der Waals surface area (Å²) in [5, 5.41) is 0. The smallest absolute Gasteiger partial charge is 0.338 e. The molecule has 7 aromatic heterocycles. The average molecular weight is 1660 g/mol. The van der Waals surface area contributed by atoms with Gasteiger partial charge in [-0.05, 0) is 170 Å². The Morgan fingerprint density at radius 3 is 0.766 bits per heavy atom. The molecule has 8 bridgehead atoms. The Morgan fingerprint density at radius 2 is 0.468 bits per heavy atom. The van der Waals surface area contributed by atoms with E-state index in [0.29, 0.717) is 82.5 Å². The van der Waals surface area contributed by atoms with Crippen LogP contribution in [0, 0.1) is 0 Å². The fraction of sp³-hybridized carbons (Fsp3) is 0.370. The number of aromatic nitrogens is 8. The van der Waals surface area contributed by atoms with Gasteiger partial charge >= 0.3 is 23.9 Å². The molecule has 0 saturated heterocycles. The number of hydrogen-bond acceptors (Lipinski definition) is 10. The summed E-state index contributed by atoms with van der Waals surface area (Å²) in [6.07, 6.45) is 60.7. The first-order valence-corrected chi connectivity index (χ1v) is 46.2. The third-order valence-corrected chi connectivity index (χ3v) is 23.6. The summed E-state index contributed by atoms with van der Waals surface area (Å²) in [5.74, 6) is -1.49. The van der Waals surface area contributed by atoms with Crippen molar-refractivity contribution in [3.63, 3.8) is 0 Å². The average Bonchev–Trinajstić information content (AvgIpc) is 1.61. The maximum atomic E-state index is 13.8. The van der Waals surface area contributed by atoms with Gasteiger partial charge in [-0.3, -0.25) is 0 Å². The number of fused-ring (bicyclic) bond motifs is 8. The van der Waals surface area contributed by atoms with E-state index >= 15 is 0 Å². The molecule has 0 spiro atoms. The van der Waals surface area contributed by atoms with Crippen LogP contribution in [0.3, 0.4) is 0 Å². The Labute approximate surface area is 733 Å². The highest BCUT2D eigenvalue weighted by Crippen LogP contribution is 2.39. The minimum absolute atomic E-state index is 0.349. The van der Waals surface area contributed by atoms with Gasteiger partial charge in [0, 0.05) is 96.4 Å². The minimum Gasteiger partial charge on any atom is -0.657 e. The zero-order chi connectivity index (χ0) is 85.2. The molecule has 124 heavy (non-hydrogen) atoms. The van der Waals surface area contributed by atoms with Crippen LogP contribution in [0.25, 0.3) is 90.9 Å². The lowest BCUT2D eigenvalue weighted by molar-refractivity contribution is -0.697. The molecule has 11 aromatic rings. The number of unbranched alkanes of at least 4 members (excludes halogenated alkanes) is 28. The molecule has 13 rings (SSSR count). The molecule has 2 aliphatic heterocycles. The van der Waals surface area contributed by atoms with Crippen molar-refractivity contribution < 1.29 is 56.4 Å². The number of nitrogens with zero attached hydrogens (tertiary/aromatic N) is 7. The number of carbonyl (C=O) groups is 4. The van der Waals surface area contributed by atoms with Crippen LogP contribution in [-0.4, -0.2) is 65.3 Å². The fourth-order valence-corrected chi connectivity index (χ4v) is 16.6. The van der Waals surface area contributed by atoms with E-state index in [0.717, 1.165) is 159 Å². The molecule has 0 amide bonds. The number of rotatable bonds is 52. The molecule has 0 atom stereocenters.